The highest BCUT2D eigenvalue weighted by Crippen LogP contribution is 2.53. The molecule has 3 atom stereocenters. The van der Waals surface area contributed by atoms with Crippen molar-refractivity contribution >= 4 is 5.71 Å². The van der Waals surface area contributed by atoms with E-state index in [1.807, 2.05) is 30.2 Å². The molecule has 6 heteroatoms. The first-order chi connectivity index (χ1) is 12.0. The van der Waals surface area contributed by atoms with E-state index in [0.29, 0.717) is 13.1 Å². The van der Waals surface area contributed by atoms with Crippen LogP contribution in [0.3, 0.4) is 0 Å². The average molecular weight is 333 g/mol. The number of nitrogens with zero attached hydrogens (tertiary/aromatic N) is 4. The number of nitrogens with one attached hydrogen (secondary N) is 1. The zero-order valence-corrected chi connectivity index (χ0v) is 13.7. The zero-order chi connectivity index (χ0) is 18.2. The molecule has 0 spiro atoms. The van der Waals surface area contributed by atoms with Gasteiger partial charge in [-0.2, -0.15) is 15.8 Å². The van der Waals surface area contributed by atoms with Gasteiger partial charge in [0.15, 0.2) is 5.41 Å². The van der Waals surface area contributed by atoms with Crippen LogP contribution in [-0.2, 0) is 0 Å². The molecule has 1 N–H and O–H groups in total. The summed E-state index contributed by atoms with van der Waals surface area (Å²) in [5, 5.41) is 37.6. The monoisotopic (exact) mass is 333 g/mol. The van der Waals surface area contributed by atoms with Crippen molar-refractivity contribution in [1.29, 1.82) is 21.2 Å². The summed E-state index contributed by atoms with van der Waals surface area (Å²) in [6, 6.07) is 12.1. The van der Waals surface area contributed by atoms with E-state index < -0.39 is 23.1 Å². The van der Waals surface area contributed by atoms with Crippen molar-refractivity contribution in [1.82, 2.24) is 4.90 Å². The molecule has 124 valence electrons. The Bertz CT molecular complexity index is 868. The van der Waals surface area contributed by atoms with Crippen LogP contribution in [0.15, 0.2) is 35.9 Å². The van der Waals surface area contributed by atoms with Crippen molar-refractivity contribution in [2.75, 3.05) is 20.1 Å². The highest BCUT2D eigenvalue weighted by molar-refractivity contribution is 6.00. The summed E-state index contributed by atoms with van der Waals surface area (Å²) in [6.45, 7) is 1.12. The van der Waals surface area contributed by atoms with Gasteiger partial charge in [-0.05, 0) is 24.3 Å². The van der Waals surface area contributed by atoms with Gasteiger partial charge in [-0.15, -0.1) is 0 Å². The standard InChI is InChI=1S/C19H16FN5/c1-25-7-6-12-14(8-21)18(24)19(10-22,11-23)17(15(12)9-25)13-4-2-3-5-16(13)20/h2-6,14-15,17,24H,7,9H2,1H3/t14?,15-,17+/m0/s1. The van der Waals surface area contributed by atoms with Gasteiger partial charge in [-0.25, -0.2) is 4.39 Å². The number of hydrogen-bond acceptors (Lipinski definition) is 5. The van der Waals surface area contributed by atoms with Crippen molar-refractivity contribution in [2.24, 2.45) is 17.3 Å². The van der Waals surface area contributed by atoms with E-state index in [2.05, 4.69) is 6.07 Å². The summed E-state index contributed by atoms with van der Waals surface area (Å²) >= 11 is 0. The van der Waals surface area contributed by atoms with Gasteiger partial charge in [0.2, 0.25) is 0 Å². The molecule has 0 radical (unpaired) electrons. The number of halogens is 1. The number of nitriles is 3. The molecule has 0 aromatic heterocycles. The topological polar surface area (TPSA) is 98.5 Å². The molecule has 1 unspecified atom stereocenters. The second kappa shape index (κ2) is 6.13. The van der Waals surface area contributed by atoms with Gasteiger partial charge >= 0.3 is 0 Å². The molecule has 1 aliphatic heterocycles. The molecular weight excluding hydrogens is 317 g/mol. The zero-order valence-electron chi connectivity index (χ0n) is 13.7. The number of rotatable bonds is 1. The van der Waals surface area contributed by atoms with E-state index in [-0.39, 0.29) is 17.2 Å². The van der Waals surface area contributed by atoms with Gasteiger partial charge in [-0.3, -0.25) is 0 Å². The molecule has 1 aromatic rings. The fourth-order valence-electron chi connectivity index (χ4n) is 4.02. The molecule has 0 bridgehead atoms. The molecule has 1 saturated carbocycles. The maximum atomic E-state index is 14.6. The summed E-state index contributed by atoms with van der Waals surface area (Å²) < 4.78 is 14.6. The largest absolute Gasteiger partial charge is 0.305 e. The highest BCUT2D eigenvalue weighted by Gasteiger charge is 2.58. The predicted octanol–water partition coefficient (Wildman–Crippen LogP) is 2.60. The fourth-order valence-corrected chi connectivity index (χ4v) is 4.02. The van der Waals surface area contributed by atoms with Crippen molar-refractivity contribution in [3.63, 3.8) is 0 Å². The first-order valence-corrected chi connectivity index (χ1v) is 7.94. The number of benzene rings is 1. The molecule has 0 saturated heterocycles. The summed E-state index contributed by atoms with van der Waals surface area (Å²) in [5.74, 6) is -2.61. The molecule has 5 nitrogen and oxygen atoms in total. The molecular formula is C19H16FN5. The lowest BCUT2D eigenvalue weighted by atomic mass is 9.54. The number of likely N-dealkylation sites (N-methyl/N-ethyl adjacent to an activating group) is 1. The quantitative estimate of drug-likeness (QED) is 0.799. The molecule has 0 amide bonds. The maximum absolute atomic E-state index is 14.6. The van der Waals surface area contributed by atoms with Crippen LogP contribution in [0.1, 0.15) is 11.5 Å². The average Bonchev–Trinajstić information content (AvgIpc) is 2.62. The first kappa shape index (κ1) is 16.8. The Hall–Kier alpha value is -3.01. The van der Waals surface area contributed by atoms with Crippen LogP contribution < -0.4 is 0 Å². The van der Waals surface area contributed by atoms with E-state index in [1.54, 1.807) is 18.2 Å². The second-order valence-electron chi connectivity index (χ2n) is 6.54. The van der Waals surface area contributed by atoms with Crippen LogP contribution in [0.25, 0.3) is 0 Å². The summed E-state index contributed by atoms with van der Waals surface area (Å²) in [6.07, 6.45) is 1.88. The third-order valence-electron chi connectivity index (χ3n) is 5.21. The normalized spacial score (nSPS) is 28.0. The minimum absolute atomic E-state index is 0.248. The lowest BCUT2D eigenvalue weighted by molar-refractivity contribution is 0.232. The summed E-state index contributed by atoms with van der Waals surface area (Å²) in [5.41, 5.74) is -1.14. The molecule has 1 heterocycles. The molecule has 1 aromatic carbocycles. The van der Waals surface area contributed by atoms with Crippen molar-refractivity contribution in [2.45, 2.75) is 5.92 Å². The van der Waals surface area contributed by atoms with E-state index in [1.165, 1.54) is 6.07 Å². The molecule has 1 fully saturated rings. The van der Waals surface area contributed by atoms with Gasteiger partial charge in [0, 0.05) is 24.9 Å². The van der Waals surface area contributed by atoms with E-state index in [9.17, 15) is 20.2 Å². The second-order valence-corrected chi connectivity index (χ2v) is 6.54. The maximum Gasteiger partial charge on any atom is 0.189 e. The third kappa shape index (κ3) is 2.33. The van der Waals surface area contributed by atoms with E-state index >= 15 is 0 Å². The Morgan fingerprint density at radius 3 is 2.52 bits per heavy atom. The van der Waals surface area contributed by atoms with Crippen LogP contribution in [-0.4, -0.2) is 30.7 Å². The van der Waals surface area contributed by atoms with Crippen molar-refractivity contribution < 1.29 is 4.39 Å². The molecule has 1 aliphatic carbocycles. The Labute approximate surface area is 145 Å². The number of fused-ring (bicyclic) bond motifs is 1. The SMILES string of the molecule is CN1CC=C2C(C#N)C(=N)C(C#N)(C#N)[C@H](c3ccccc3F)[C@H]2C1. The molecule has 25 heavy (non-hydrogen) atoms. The Morgan fingerprint density at radius 2 is 1.92 bits per heavy atom. The summed E-state index contributed by atoms with van der Waals surface area (Å²) in [4.78, 5) is 2.00. The Balaban J connectivity index is 2.30. The summed E-state index contributed by atoms with van der Waals surface area (Å²) in [7, 11) is 1.90. The minimum Gasteiger partial charge on any atom is -0.305 e. The van der Waals surface area contributed by atoms with Crippen LogP contribution >= 0.6 is 0 Å². The number of hydrogen-bond donors (Lipinski definition) is 1. The highest BCUT2D eigenvalue weighted by atomic mass is 19.1. The van der Waals surface area contributed by atoms with Crippen LogP contribution in [0.4, 0.5) is 4.39 Å². The van der Waals surface area contributed by atoms with Crippen LogP contribution in [0, 0.1) is 62.5 Å². The van der Waals surface area contributed by atoms with E-state index in [0.717, 1.165) is 5.57 Å². The van der Waals surface area contributed by atoms with E-state index in [4.69, 9.17) is 5.41 Å². The molecule has 3 rings (SSSR count). The Morgan fingerprint density at radius 1 is 1.24 bits per heavy atom. The van der Waals surface area contributed by atoms with Crippen molar-refractivity contribution in [3.8, 4) is 18.2 Å². The van der Waals surface area contributed by atoms with Gasteiger partial charge in [0.05, 0.1) is 23.9 Å². The van der Waals surface area contributed by atoms with Crippen molar-refractivity contribution in [3.05, 3.63) is 47.3 Å². The lowest BCUT2D eigenvalue weighted by Gasteiger charge is -2.47. The third-order valence-corrected chi connectivity index (χ3v) is 5.21. The van der Waals surface area contributed by atoms with Gasteiger partial charge < -0.3 is 10.3 Å². The van der Waals surface area contributed by atoms with Gasteiger partial charge in [0.1, 0.15) is 11.7 Å². The smallest absolute Gasteiger partial charge is 0.189 e. The minimum atomic E-state index is -1.86. The van der Waals surface area contributed by atoms with Crippen LogP contribution in [0.5, 0.6) is 0 Å². The lowest BCUT2D eigenvalue weighted by Crippen LogP contribution is -2.52. The molecule has 2 aliphatic rings. The Kier molecular flexibility index (Phi) is 4.13. The first-order valence-electron chi connectivity index (χ1n) is 7.94. The predicted molar refractivity (Wildman–Crippen MR) is 88.7 cm³/mol. The van der Waals surface area contributed by atoms with Crippen LogP contribution in [0.2, 0.25) is 0 Å². The van der Waals surface area contributed by atoms with Gasteiger partial charge in [-0.1, -0.05) is 24.3 Å². The fraction of sp³-hybridized carbons (Fsp3) is 0.368. The van der Waals surface area contributed by atoms with Gasteiger partial charge in [0.25, 0.3) is 0 Å².